The van der Waals surface area contributed by atoms with Gasteiger partial charge in [0.2, 0.25) is 10.0 Å². The van der Waals surface area contributed by atoms with Crippen molar-refractivity contribution in [2.75, 3.05) is 12.3 Å². The minimum atomic E-state index is -3.68. The number of hydrogen-bond acceptors (Lipinski definition) is 4. The molecule has 0 aromatic heterocycles. The Morgan fingerprint density at radius 2 is 1.81 bits per heavy atom. The van der Waals surface area contributed by atoms with Crippen LogP contribution in [0.1, 0.15) is 37.0 Å². The number of anilines is 1. The summed E-state index contributed by atoms with van der Waals surface area (Å²) in [7, 11) is -3.68. The number of sulfonamides is 1. The molecule has 4 N–H and O–H groups in total. The summed E-state index contributed by atoms with van der Waals surface area (Å²) in [5, 5.41) is 9.82. The molecule has 0 fully saturated rings. The van der Waals surface area contributed by atoms with Crippen molar-refractivity contribution < 1.29 is 13.5 Å². The van der Waals surface area contributed by atoms with Crippen molar-refractivity contribution in [3.8, 4) is 0 Å². The van der Waals surface area contributed by atoms with Gasteiger partial charge >= 0.3 is 0 Å². The Hall–Kier alpha value is -1.11. The number of nitrogens with two attached hydrogens (primary N) is 1. The van der Waals surface area contributed by atoms with E-state index in [1.165, 1.54) is 0 Å². The third-order valence-corrected chi connectivity index (χ3v) is 5.19. The van der Waals surface area contributed by atoms with Crippen LogP contribution < -0.4 is 10.5 Å². The van der Waals surface area contributed by atoms with Gasteiger partial charge in [-0.1, -0.05) is 19.9 Å². The molecule has 1 aromatic rings. The van der Waals surface area contributed by atoms with Gasteiger partial charge in [-0.3, -0.25) is 0 Å². The molecule has 0 radical (unpaired) electrons. The van der Waals surface area contributed by atoms with Gasteiger partial charge in [0, 0.05) is 12.2 Å². The van der Waals surface area contributed by atoms with Crippen LogP contribution in [0.5, 0.6) is 0 Å². The van der Waals surface area contributed by atoms with Crippen LogP contribution >= 0.6 is 0 Å². The molecule has 0 spiro atoms. The molecule has 1 aromatic carbocycles. The molecule has 1 atom stereocenters. The lowest BCUT2D eigenvalue weighted by Crippen LogP contribution is -2.33. The molecule has 0 aliphatic carbocycles. The molecule has 0 aliphatic heterocycles. The van der Waals surface area contributed by atoms with E-state index in [9.17, 15) is 13.5 Å². The first-order valence-corrected chi connectivity index (χ1v) is 8.58. The van der Waals surface area contributed by atoms with Crippen LogP contribution in [-0.2, 0) is 10.0 Å². The third kappa shape index (κ3) is 4.43. The molecule has 0 amide bonds. The average molecular weight is 314 g/mol. The monoisotopic (exact) mass is 314 g/mol. The fourth-order valence-corrected chi connectivity index (χ4v) is 4.05. The van der Waals surface area contributed by atoms with E-state index in [1.54, 1.807) is 19.9 Å². The molecule has 6 heteroatoms. The lowest BCUT2D eigenvalue weighted by atomic mass is 10.1. The van der Waals surface area contributed by atoms with Crippen molar-refractivity contribution in [1.29, 1.82) is 0 Å². The van der Waals surface area contributed by atoms with Gasteiger partial charge in [-0.25, -0.2) is 13.1 Å². The number of nitrogen functional groups attached to an aromatic ring is 1. The van der Waals surface area contributed by atoms with Gasteiger partial charge in [0.1, 0.15) is 0 Å². The molecular weight excluding hydrogens is 288 g/mol. The van der Waals surface area contributed by atoms with Crippen molar-refractivity contribution >= 4 is 15.7 Å². The van der Waals surface area contributed by atoms with Crippen LogP contribution in [0.4, 0.5) is 5.69 Å². The summed E-state index contributed by atoms with van der Waals surface area (Å²) < 4.78 is 27.4. The third-order valence-electron chi connectivity index (χ3n) is 3.48. The Morgan fingerprint density at radius 1 is 1.24 bits per heavy atom. The summed E-state index contributed by atoms with van der Waals surface area (Å²) in [6.45, 7) is 9.27. The number of nitrogens with one attached hydrogen (secondary N) is 1. The molecule has 0 heterocycles. The van der Waals surface area contributed by atoms with Crippen LogP contribution in [0.3, 0.4) is 0 Å². The summed E-state index contributed by atoms with van der Waals surface area (Å²) in [4.78, 5) is 0.211. The molecule has 5 nitrogen and oxygen atoms in total. The predicted molar refractivity (Wildman–Crippen MR) is 85.7 cm³/mol. The first kappa shape index (κ1) is 17.9. The predicted octanol–water partition coefficient (Wildman–Crippen LogP) is 1.88. The first-order valence-electron chi connectivity index (χ1n) is 7.10. The van der Waals surface area contributed by atoms with Crippen molar-refractivity contribution in [3.05, 3.63) is 22.8 Å². The maximum atomic E-state index is 12.4. The topological polar surface area (TPSA) is 92.4 Å². The van der Waals surface area contributed by atoms with Crippen LogP contribution in [0.15, 0.2) is 11.0 Å². The second-order valence-electron chi connectivity index (χ2n) is 6.01. The van der Waals surface area contributed by atoms with Gasteiger partial charge in [-0.2, -0.15) is 0 Å². The van der Waals surface area contributed by atoms with E-state index in [0.29, 0.717) is 29.2 Å². The Kier molecular flexibility index (Phi) is 5.78. The Bertz CT molecular complexity index is 610. The molecule has 21 heavy (non-hydrogen) atoms. The molecule has 1 unspecified atom stereocenters. The molecule has 120 valence electrons. The summed E-state index contributed by atoms with van der Waals surface area (Å²) in [5.74, 6) is 0.308. The van der Waals surface area contributed by atoms with Crippen LogP contribution in [0, 0.1) is 26.7 Å². The van der Waals surface area contributed by atoms with Crippen molar-refractivity contribution in [2.45, 2.75) is 52.0 Å². The Balaban J connectivity index is 3.02. The van der Waals surface area contributed by atoms with Crippen molar-refractivity contribution in [3.63, 3.8) is 0 Å². The average Bonchev–Trinajstić information content (AvgIpc) is 2.32. The van der Waals surface area contributed by atoms with Gasteiger partial charge in [0.15, 0.2) is 0 Å². The molecule has 0 saturated carbocycles. The van der Waals surface area contributed by atoms with Gasteiger partial charge in [-0.15, -0.1) is 0 Å². The molecule has 0 bridgehead atoms. The normalized spacial score (nSPS) is 13.7. The minimum Gasteiger partial charge on any atom is -0.398 e. The number of hydrogen-bond donors (Lipinski definition) is 3. The Morgan fingerprint density at radius 3 is 2.33 bits per heavy atom. The maximum absolute atomic E-state index is 12.4. The maximum Gasteiger partial charge on any atom is 0.241 e. The highest BCUT2D eigenvalue weighted by Gasteiger charge is 2.22. The number of aliphatic hydroxyl groups is 1. The van der Waals surface area contributed by atoms with E-state index in [2.05, 4.69) is 4.72 Å². The van der Waals surface area contributed by atoms with E-state index >= 15 is 0 Å². The zero-order valence-corrected chi connectivity index (χ0v) is 14.2. The smallest absolute Gasteiger partial charge is 0.241 e. The van der Waals surface area contributed by atoms with Crippen LogP contribution in [-0.4, -0.2) is 26.2 Å². The highest BCUT2D eigenvalue weighted by molar-refractivity contribution is 7.89. The fraction of sp³-hybridized carbons (Fsp3) is 0.600. The van der Waals surface area contributed by atoms with E-state index in [4.69, 9.17) is 5.73 Å². The number of benzene rings is 1. The first-order chi connectivity index (χ1) is 9.56. The Labute approximate surface area is 127 Å². The molecular formula is C15H26N2O3S. The summed E-state index contributed by atoms with van der Waals surface area (Å²) in [6.07, 6.45) is -0.139. The lowest BCUT2D eigenvalue weighted by Gasteiger charge is -2.18. The lowest BCUT2D eigenvalue weighted by molar-refractivity contribution is 0.152. The van der Waals surface area contributed by atoms with Crippen molar-refractivity contribution in [1.82, 2.24) is 4.72 Å². The quantitative estimate of drug-likeness (QED) is 0.699. The van der Waals surface area contributed by atoms with Gasteiger partial charge in [0.05, 0.1) is 11.0 Å². The number of aliphatic hydroxyl groups excluding tert-OH is 1. The highest BCUT2D eigenvalue weighted by Crippen LogP contribution is 2.27. The van der Waals surface area contributed by atoms with E-state index in [0.717, 1.165) is 5.56 Å². The SMILES string of the molecule is Cc1cc(C)c(S(=O)(=O)NCC(O)CC(C)C)c(C)c1N. The second-order valence-corrected chi connectivity index (χ2v) is 7.72. The molecule has 1 rings (SSSR count). The molecule has 0 saturated heterocycles. The number of rotatable bonds is 6. The van der Waals surface area contributed by atoms with Crippen LogP contribution in [0.2, 0.25) is 0 Å². The summed E-state index contributed by atoms with van der Waals surface area (Å²) >= 11 is 0. The zero-order valence-electron chi connectivity index (χ0n) is 13.4. The fourth-order valence-electron chi connectivity index (χ4n) is 2.50. The van der Waals surface area contributed by atoms with Crippen molar-refractivity contribution in [2.24, 2.45) is 5.92 Å². The number of aryl methyl sites for hydroxylation is 2. The standard InChI is InChI=1S/C15H26N2O3S/c1-9(2)6-13(18)8-17-21(19,20)15-11(4)7-10(3)14(16)12(15)5/h7,9,13,17-18H,6,8,16H2,1-5H3. The van der Waals surface area contributed by atoms with Crippen LogP contribution in [0.25, 0.3) is 0 Å². The van der Waals surface area contributed by atoms with Gasteiger partial charge in [0.25, 0.3) is 0 Å². The zero-order chi connectivity index (χ0) is 16.4. The van der Waals surface area contributed by atoms with Gasteiger partial charge < -0.3 is 10.8 Å². The van der Waals surface area contributed by atoms with E-state index < -0.39 is 16.1 Å². The summed E-state index contributed by atoms with van der Waals surface area (Å²) in [5.41, 5.74) is 8.49. The van der Waals surface area contributed by atoms with Gasteiger partial charge in [-0.05, 0) is 49.8 Å². The second kappa shape index (κ2) is 6.77. The largest absolute Gasteiger partial charge is 0.398 e. The molecule has 0 aliphatic rings. The minimum absolute atomic E-state index is 0.00712. The van der Waals surface area contributed by atoms with E-state index in [1.807, 2.05) is 20.8 Å². The summed E-state index contributed by atoms with van der Waals surface area (Å²) in [6, 6.07) is 1.77. The van der Waals surface area contributed by atoms with E-state index in [-0.39, 0.29) is 11.4 Å². The highest BCUT2D eigenvalue weighted by atomic mass is 32.2.